The normalized spacial score (nSPS) is 15.3. The average molecular weight is 460 g/mol. The highest BCUT2D eigenvalue weighted by atomic mass is 32.2. The van der Waals surface area contributed by atoms with Crippen molar-refractivity contribution in [1.29, 1.82) is 0 Å². The van der Waals surface area contributed by atoms with Crippen LogP contribution in [0.15, 0.2) is 41.6 Å². The molecular formula is C22H26FN5O3S. The second-order valence-corrected chi connectivity index (χ2v) is 10.5. The van der Waals surface area contributed by atoms with Gasteiger partial charge in [-0.25, -0.2) is 27.8 Å². The Bertz CT molecular complexity index is 1200. The third-order valence-corrected chi connectivity index (χ3v) is 7.75. The van der Waals surface area contributed by atoms with Crippen molar-refractivity contribution < 1.29 is 17.5 Å². The predicted octanol–water partition coefficient (Wildman–Crippen LogP) is 4.06. The third kappa shape index (κ3) is 4.37. The molecule has 3 aromatic rings. The molecule has 2 aromatic heterocycles. The third-order valence-electron chi connectivity index (χ3n) is 5.58. The summed E-state index contributed by atoms with van der Waals surface area (Å²) in [4.78, 5) is 13.1. The number of sulfone groups is 1. The van der Waals surface area contributed by atoms with Gasteiger partial charge in [0.15, 0.2) is 15.7 Å². The van der Waals surface area contributed by atoms with Crippen molar-refractivity contribution in [1.82, 2.24) is 19.5 Å². The average Bonchev–Trinajstić information content (AvgIpc) is 3.17. The minimum absolute atomic E-state index is 0.161. The number of ether oxygens (including phenoxy) is 1. The second-order valence-electron chi connectivity index (χ2n) is 8.04. The number of hydrogen-bond acceptors (Lipinski definition) is 7. The zero-order chi connectivity index (χ0) is 22.9. The zero-order valence-corrected chi connectivity index (χ0v) is 19.1. The molecule has 0 radical (unpaired) electrons. The molecule has 8 nitrogen and oxygen atoms in total. The van der Waals surface area contributed by atoms with E-state index in [1.54, 1.807) is 32.2 Å². The van der Waals surface area contributed by atoms with Gasteiger partial charge in [-0.3, -0.25) is 0 Å². The first-order valence-electron chi connectivity index (χ1n) is 10.5. The number of imidazole rings is 1. The Balaban J connectivity index is 1.62. The number of nitrogens with one attached hydrogen (secondary N) is 1. The molecule has 0 spiro atoms. The van der Waals surface area contributed by atoms with Crippen LogP contribution in [0.3, 0.4) is 0 Å². The maximum atomic E-state index is 14.7. The predicted molar refractivity (Wildman–Crippen MR) is 119 cm³/mol. The molecule has 0 saturated carbocycles. The van der Waals surface area contributed by atoms with Crippen LogP contribution in [0.4, 0.5) is 16.0 Å². The highest BCUT2D eigenvalue weighted by Crippen LogP contribution is 2.31. The molecule has 0 aliphatic carbocycles. The Kier molecular flexibility index (Phi) is 6.25. The first-order chi connectivity index (χ1) is 15.3. The van der Waals surface area contributed by atoms with E-state index in [4.69, 9.17) is 4.74 Å². The van der Waals surface area contributed by atoms with E-state index >= 15 is 0 Å². The van der Waals surface area contributed by atoms with Crippen molar-refractivity contribution >= 4 is 21.5 Å². The van der Waals surface area contributed by atoms with E-state index in [1.165, 1.54) is 12.1 Å². The second kappa shape index (κ2) is 8.95. The van der Waals surface area contributed by atoms with Gasteiger partial charge in [-0.15, -0.1) is 0 Å². The van der Waals surface area contributed by atoms with Crippen LogP contribution in [0, 0.1) is 12.7 Å². The van der Waals surface area contributed by atoms with Crippen LogP contribution in [-0.4, -0.2) is 46.4 Å². The van der Waals surface area contributed by atoms with Gasteiger partial charge in [-0.1, -0.05) is 0 Å². The Morgan fingerprint density at radius 1 is 1.12 bits per heavy atom. The fourth-order valence-electron chi connectivity index (χ4n) is 3.77. The van der Waals surface area contributed by atoms with Gasteiger partial charge in [-0.2, -0.15) is 0 Å². The smallest absolute Gasteiger partial charge is 0.227 e. The van der Waals surface area contributed by atoms with Gasteiger partial charge in [0.1, 0.15) is 11.5 Å². The van der Waals surface area contributed by atoms with Crippen molar-refractivity contribution in [3.8, 4) is 11.4 Å². The van der Waals surface area contributed by atoms with Gasteiger partial charge in [0.2, 0.25) is 5.95 Å². The molecular weight excluding hydrogens is 433 g/mol. The number of aromatic nitrogens is 4. The standard InChI is InChI=1S/C22H26FN5O3S/c1-14(2)32(29,30)18-6-4-16(5-7-18)26-22-25-12-19(23)21(27-22)20-13-24-15(3)28(20)17-8-10-31-11-9-17/h4-7,12-14,17H,8-11H2,1-3H3,(H,25,26,27). The minimum atomic E-state index is -3.36. The Morgan fingerprint density at radius 3 is 2.47 bits per heavy atom. The number of anilines is 2. The summed E-state index contributed by atoms with van der Waals surface area (Å²) in [6.07, 6.45) is 4.41. The molecule has 1 fully saturated rings. The van der Waals surface area contributed by atoms with Crippen molar-refractivity contribution in [2.24, 2.45) is 0 Å². The molecule has 0 amide bonds. The number of hydrogen-bond donors (Lipinski definition) is 1. The van der Waals surface area contributed by atoms with E-state index < -0.39 is 20.9 Å². The Hall–Kier alpha value is -2.85. The van der Waals surface area contributed by atoms with Crippen molar-refractivity contribution in [3.63, 3.8) is 0 Å². The summed E-state index contributed by atoms with van der Waals surface area (Å²) < 4.78 is 46.8. The molecule has 1 aliphatic heterocycles. The molecule has 1 saturated heterocycles. The fraction of sp³-hybridized carbons (Fsp3) is 0.409. The molecule has 32 heavy (non-hydrogen) atoms. The lowest BCUT2D eigenvalue weighted by Crippen LogP contribution is -2.21. The highest BCUT2D eigenvalue weighted by molar-refractivity contribution is 7.92. The lowest BCUT2D eigenvalue weighted by molar-refractivity contribution is 0.0694. The van der Waals surface area contributed by atoms with Crippen LogP contribution in [0.1, 0.15) is 38.6 Å². The Labute approximate surface area is 186 Å². The molecule has 1 aromatic carbocycles. The van der Waals surface area contributed by atoms with Crippen LogP contribution >= 0.6 is 0 Å². The van der Waals surface area contributed by atoms with E-state index in [2.05, 4.69) is 20.3 Å². The summed E-state index contributed by atoms with van der Waals surface area (Å²) in [5.74, 6) is 0.460. The molecule has 4 rings (SSSR count). The van der Waals surface area contributed by atoms with Crippen LogP contribution in [0.25, 0.3) is 11.4 Å². The number of halogens is 1. The first kappa shape index (κ1) is 22.3. The molecule has 170 valence electrons. The minimum Gasteiger partial charge on any atom is -0.381 e. The highest BCUT2D eigenvalue weighted by Gasteiger charge is 2.24. The largest absolute Gasteiger partial charge is 0.381 e. The molecule has 0 atom stereocenters. The molecule has 1 aliphatic rings. The molecule has 0 bridgehead atoms. The maximum absolute atomic E-state index is 14.7. The van der Waals surface area contributed by atoms with Crippen molar-refractivity contribution in [2.45, 2.75) is 49.8 Å². The number of rotatable bonds is 6. The van der Waals surface area contributed by atoms with Gasteiger partial charge in [0.05, 0.1) is 28.2 Å². The number of aryl methyl sites for hydroxylation is 1. The van der Waals surface area contributed by atoms with Gasteiger partial charge in [0.25, 0.3) is 0 Å². The summed E-state index contributed by atoms with van der Waals surface area (Å²) in [5, 5.41) is 2.52. The van der Waals surface area contributed by atoms with Crippen molar-refractivity contribution in [2.75, 3.05) is 18.5 Å². The number of benzene rings is 1. The van der Waals surface area contributed by atoms with Crippen LogP contribution in [-0.2, 0) is 14.6 Å². The maximum Gasteiger partial charge on any atom is 0.227 e. The molecule has 1 N–H and O–H groups in total. The monoisotopic (exact) mass is 459 g/mol. The molecule has 3 heterocycles. The SMILES string of the molecule is Cc1ncc(-c2nc(Nc3ccc(S(=O)(=O)C(C)C)cc3)ncc2F)n1C1CCOCC1. The summed E-state index contributed by atoms with van der Waals surface area (Å²) in [5.41, 5.74) is 1.35. The van der Waals surface area contributed by atoms with Gasteiger partial charge >= 0.3 is 0 Å². The zero-order valence-electron chi connectivity index (χ0n) is 18.2. The van der Waals surface area contributed by atoms with E-state index in [1.807, 2.05) is 11.5 Å². The summed E-state index contributed by atoms with van der Waals surface area (Å²) in [6, 6.07) is 6.51. The molecule has 10 heteroatoms. The van der Waals surface area contributed by atoms with E-state index in [0.29, 0.717) is 24.6 Å². The molecule has 0 unspecified atom stereocenters. The fourth-order valence-corrected chi connectivity index (χ4v) is 4.83. The van der Waals surface area contributed by atoms with Gasteiger partial charge in [-0.05, 0) is 57.9 Å². The quantitative estimate of drug-likeness (QED) is 0.593. The van der Waals surface area contributed by atoms with E-state index in [-0.39, 0.29) is 22.6 Å². The van der Waals surface area contributed by atoms with Crippen LogP contribution in [0.2, 0.25) is 0 Å². The summed E-state index contributed by atoms with van der Waals surface area (Å²) in [6.45, 7) is 6.49. The lowest BCUT2D eigenvalue weighted by atomic mass is 10.1. The van der Waals surface area contributed by atoms with E-state index in [0.717, 1.165) is 24.9 Å². The summed E-state index contributed by atoms with van der Waals surface area (Å²) in [7, 11) is -3.36. The first-order valence-corrected chi connectivity index (χ1v) is 12.1. The van der Waals surface area contributed by atoms with Gasteiger partial charge < -0.3 is 14.6 Å². The van der Waals surface area contributed by atoms with E-state index in [9.17, 15) is 12.8 Å². The Morgan fingerprint density at radius 2 is 1.81 bits per heavy atom. The summed E-state index contributed by atoms with van der Waals surface area (Å²) >= 11 is 0. The van der Waals surface area contributed by atoms with Crippen LogP contribution in [0.5, 0.6) is 0 Å². The van der Waals surface area contributed by atoms with Gasteiger partial charge in [0, 0.05) is 24.9 Å². The van der Waals surface area contributed by atoms with Crippen LogP contribution < -0.4 is 5.32 Å². The number of nitrogens with zero attached hydrogens (tertiary/aromatic N) is 4. The lowest BCUT2D eigenvalue weighted by Gasteiger charge is -2.26. The topological polar surface area (TPSA) is 99.0 Å². The van der Waals surface area contributed by atoms with Crippen molar-refractivity contribution in [3.05, 3.63) is 48.3 Å².